The molecule has 0 aromatic rings. The lowest BCUT2D eigenvalue weighted by molar-refractivity contribution is -0.141. The molecule has 110 valence electrons. The van der Waals surface area contributed by atoms with Gasteiger partial charge in [-0.05, 0) is 32.1 Å². The van der Waals surface area contributed by atoms with Crippen LogP contribution >= 0.6 is 0 Å². The van der Waals surface area contributed by atoms with Gasteiger partial charge in [0.15, 0.2) is 0 Å². The molecule has 1 aliphatic carbocycles. The van der Waals surface area contributed by atoms with E-state index >= 15 is 0 Å². The zero-order chi connectivity index (χ0) is 14.5. The minimum atomic E-state index is -3.35. The zero-order valence-corrected chi connectivity index (χ0v) is 12.4. The predicted molar refractivity (Wildman–Crippen MR) is 74.4 cm³/mol. The van der Waals surface area contributed by atoms with Crippen LogP contribution in [0.15, 0.2) is 11.6 Å². The summed E-state index contributed by atoms with van der Waals surface area (Å²) < 4.78 is 24.6. The average molecular weight is 289 g/mol. The van der Waals surface area contributed by atoms with Crippen LogP contribution < -0.4 is 0 Å². The molecule has 1 N–H and O–H groups in total. The molecule has 0 bridgehead atoms. The van der Waals surface area contributed by atoms with Crippen molar-refractivity contribution in [3.05, 3.63) is 11.6 Å². The average Bonchev–Trinajstić information content (AvgIpc) is 2.33. The van der Waals surface area contributed by atoms with Crippen molar-refractivity contribution in [1.29, 1.82) is 0 Å². The molecule has 6 heteroatoms. The third kappa shape index (κ3) is 5.74. The fourth-order valence-corrected chi connectivity index (χ4v) is 3.09. The predicted octanol–water partition coefficient (Wildman–Crippen LogP) is 1.86. The quantitative estimate of drug-likeness (QED) is 0.726. The minimum absolute atomic E-state index is 0.0431. The van der Waals surface area contributed by atoms with Crippen LogP contribution in [-0.4, -0.2) is 43.1 Å². The van der Waals surface area contributed by atoms with E-state index < -0.39 is 21.9 Å². The van der Waals surface area contributed by atoms with Crippen molar-refractivity contribution in [3.63, 3.8) is 0 Å². The molecule has 5 nitrogen and oxygen atoms in total. The van der Waals surface area contributed by atoms with Crippen molar-refractivity contribution < 1.29 is 18.3 Å². The number of nitrogens with zero attached hydrogens (tertiary/aromatic N) is 1. The summed E-state index contributed by atoms with van der Waals surface area (Å²) in [6.07, 6.45) is 8.50. The number of aliphatic carboxylic acids is 1. The Labute approximate surface area is 115 Å². The monoisotopic (exact) mass is 289 g/mol. The summed E-state index contributed by atoms with van der Waals surface area (Å²) in [6.45, 7) is 1.95. The van der Waals surface area contributed by atoms with Gasteiger partial charge < -0.3 is 5.11 Å². The van der Waals surface area contributed by atoms with E-state index in [1.165, 1.54) is 23.2 Å². The topological polar surface area (TPSA) is 74.7 Å². The number of allylic oxidation sites excluding steroid dienone is 1. The fourth-order valence-electron chi connectivity index (χ4n) is 2.18. The van der Waals surface area contributed by atoms with E-state index in [0.717, 1.165) is 25.5 Å². The zero-order valence-electron chi connectivity index (χ0n) is 11.6. The highest BCUT2D eigenvalue weighted by Crippen LogP contribution is 2.21. The van der Waals surface area contributed by atoms with Gasteiger partial charge in [-0.3, -0.25) is 4.79 Å². The fraction of sp³-hybridized carbons (Fsp3) is 0.769. The second-order valence-corrected chi connectivity index (χ2v) is 7.20. The van der Waals surface area contributed by atoms with E-state index in [2.05, 4.69) is 6.08 Å². The van der Waals surface area contributed by atoms with Crippen LogP contribution in [0.1, 0.15) is 39.0 Å². The molecular formula is C13H23NO4S. The first-order valence-electron chi connectivity index (χ1n) is 6.66. The van der Waals surface area contributed by atoms with E-state index in [9.17, 15) is 13.2 Å². The molecule has 0 heterocycles. The van der Waals surface area contributed by atoms with Crippen molar-refractivity contribution in [2.75, 3.05) is 19.3 Å². The third-order valence-electron chi connectivity index (χ3n) is 3.44. The Bertz CT molecular complexity index is 442. The summed E-state index contributed by atoms with van der Waals surface area (Å²) >= 11 is 0. The Balaban J connectivity index is 2.60. The molecule has 1 unspecified atom stereocenters. The van der Waals surface area contributed by atoms with Gasteiger partial charge in [-0.15, -0.1) is 0 Å². The first-order valence-corrected chi connectivity index (χ1v) is 8.51. The second kappa shape index (κ2) is 7.05. The number of rotatable bonds is 7. The van der Waals surface area contributed by atoms with Gasteiger partial charge in [0.25, 0.3) is 0 Å². The van der Waals surface area contributed by atoms with E-state index in [-0.39, 0.29) is 6.54 Å². The van der Waals surface area contributed by atoms with Gasteiger partial charge in [0.1, 0.15) is 0 Å². The lowest BCUT2D eigenvalue weighted by Crippen LogP contribution is -2.37. The SMILES string of the molecule is CC(CN(CCC1=CCCCC1)S(C)(=O)=O)C(=O)O. The summed E-state index contributed by atoms with van der Waals surface area (Å²) in [4.78, 5) is 10.8. The lowest BCUT2D eigenvalue weighted by atomic mass is 9.97. The van der Waals surface area contributed by atoms with Crippen LogP contribution in [0.5, 0.6) is 0 Å². The van der Waals surface area contributed by atoms with Gasteiger partial charge in [-0.1, -0.05) is 18.6 Å². The van der Waals surface area contributed by atoms with Gasteiger partial charge in [0.05, 0.1) is 12.2 Å². The van der Waals surface area contributed by atoms with E-state index in [4.69, 9.17) is 5.11 Å². The van der Waals surface area contributed by atoms with Gasteiger partial charge in [-0.2, -0.15) is 0 Å². The third-order valence-corrected chi connectivity index (χ3v) is 4.71. The normalized spacial score (nSPS) is 18.2. The van der Waals surface area contributed by atoms with Crippen LogP contribution in [0, 0.1) is 5.92 Å². The first-order chi connectivity index (χ1) is 8.80. The molecule has 1 rings (SSSR count). The van der Waals surface area contributed by atoms with Crippen molar-refractivity contribution >= 4 is 16.0 Å². The van der Waals surface area contributed by atoms with Gasteiger partial charge in [0.2, 0.25) is 10.0 Å². The molecule has 0 aliphatic heterocycles. The molecule has 0 radical (unpaired) electrons. The first kappa shape index (κ1) is 16.2. The lowest BCUT2D eigenvalue weighted by Gasteiger charge is -2.23. The number of hydrogen-bond donors (Lipinski definition) is 1. The summed E-state index contributed by atoms with van der Waals surface area (Å²) in [5, 5.41) is 8.88. The summed E-state index contributed by atoms with van der Waals surface area (Å²) in [5.41, 5.74) is 1.29. The molecule has 1 aliphatic rings. The highest BCUT2D eigenvalue weighted by atomic mass is 32.2. The largest absolute Gasteiger partial charge is 0.481 e. The molecule has 0 aromatic heterocycles. The van der Waals surface area contributed by atoms with Crippen LogP contribution in [0.3, 0.4) is 0 Å². The molecule has 19 heavy (non-hydrogen) atoms. The molecule has 1 atom stereocenters. The van der Waals surface area contributed by atoms with Crippen molar-refractivity contribution in [2.45, 2.75) is 39.0 Å². The van der Waals surface area contributed by atoms with Crippen LogP contribution in [-0.2, 0) is 14.8 Å². The highest BCUT2D eigenvalue weighted by Gasteiger charge is 2.23. The van der Waals surface area contributed by atoms with Gasteiger partial charge in [0, 0.05) is 13.1 Å². The smallest absolute Gasteiger partial charge is 0.307 e. The van der Waals surface area contributed by atoms with Gasteiger partial charge in [-0.25, -0.2) is 12.7 Å². The van der Waals surface area contributed by atoms with Crippen molar-refractivity contribution in [3.8, 4) is 0 Å². The Morgan fingerprint density at radius 1 is 1.47 bits per heavy atom. The summed E-state index contributed by atoms with van der Waals surface area (Å²) in [6, 6.07) is 0. The molecule has 0 spiro atoms. The summed E-state index contributed by atoms with van der Waals surface area (Å²) in [5.74, 6) is -1.65. The van der Waals surface area contributed by atoms with Gasteiger partial charge >= 0.3 is 5.97 Å². The van der Waals surface area contributed by atoms with Crippen LogP contribution in [0.2, 0.25) is 0 Å². The number of hydrogen-bond acceptors (Lipinski definition) is 3. The van der Waals surface area contributed by atoms with Crippen LogP contribution in [0.25, 0.3) is 0 Å². The standard InChI is InChI=1S/C13H23NO4S/c1-11(13(15)16)10-14(19(2,17)18)9-8-12-6-4-3-5-7-12/h6,11H,3-5,7-10H2,1-2H3,(H,15,16). The van der Waals surface area contributed by atoms with Crippen molar-refractivity contribution in [1.82, 2.24) is 4.31 Å². The number of sulfonamides is 1. The molecule has 0 amide bonds. The Morgan fingerprint density at radius 3 is 2.63 bits per heavy atom. The maximum absolute atomic E-state index is 11.7. The molecule has 0 aromatic carbocycles. The summed E-state index contributed by atoms with van der Waals surface area (Å²) in [7, 11) is -3.35. The number of carboxylic acid groups (broad SMARTS) is 1. The second-order valence-electron chi connectivity index (χ2n) is 5.22. The highest BCUT2D eigenvalue weighted by molar-refractivity contribution is 7.88. The minimum Gasteiger partial charge on any atom is -0.481 e. The molecule has 0 saturated carbocycles. The Morgan fingerprint density at radius 2 is 2.16 bits per heavy atom. The van der Waals surface area contributed by atoms with Crippen molar-refractivity contribution in [2.24, 2.45) is 5.92 Å². The molecule has 0 fully saturated rings. The Hall–Kier alpha value is -0.880. The number of carboxylic acids is 1. The molecular weight excluding hydrogens is 266 g/mol. The van der Waals surface area contributed by atoms with Crippen LogP contribution in [0.4, 0.5) is 0 Å². The maximum Gasteiger partial charge on any atom is 0.307 e. The van der Waals surface area contributed by atoms with E-state index in [1.807, 2.05) is 0 Å². The van der Waals surface area contributed by atoms with E-state index in [1.54, 1.807) is 0 Å². The Kier molecular flexibility index (Phi) is 6.00. The van der Waals surface area contributed by atoms with E-state index in [0.29, 0.717) is 13.0 Å². The number of carbonyl (C=O) groups is 1. The molecule has 0 saturated heterocycles. The maximum atomic E-state index is 11.7.